The van der Waals surface area contributed by atoms with E-state index in [1.807, 2.05) is 6.07 Å². The summed E-state index contributed by atoms with van der Waals surface area (Å²) in [5.41, 5.74) is 8.62. The molecule has 0 saturated heterocycles. The van der Waals surface area contributed by atoms with Crippen molar-refractivity contribution in [2.45, 2.75) is 39.0 Å². The largest absolute Gasteiger partial charge is 0.366 e. The van der Waals surface area contributed by atoms with Crippen LogP contribution >= 0.6 is 11.3 Å². The van der Waals surface area contributed by atoms with E-state index >= 15 is 0 Å². The Morgan fingerprint density at radius 3 is 2.53 bits per heavy atom. The molecular formula is C16H21NOS. The molecule has 0 amide bonds. The van der Waals surface area contributed by atoms with Crippen LogP contribution < -0.4 is 5.73 Å². The predicted molar refractivity (Wildman–Crippen MR) is 81.3 cm³/mol. The van der Waals surface area contributed by atoms with Gasteiger partial charge in [0.2, 0.25) is 0 Å². The summed E-state index contributed by atoms with van der Waals surface area (Å²) >= 11 is 1.72. The van der Waals surface area contributed by atoms with Crippen LogP contribution in [-0.2, 0) is 11.3 Å². The molecule has 1 heterocycles. The van der Waals surface area contributed by atoms with Gasteiger partial charge in [0.05, 0.1) is 12.7 Å². The molecule has 0 fully saturated rings. The monoisotopic (exact) mass is 275 g/mol. The topological polar surface area (TPSA) is 35.2 Å². The van der Waals surface area contributed by atoms with Gasteiger partial charge in [-0.2, -0.15) is 0 Å². The molecule has 19 heavy (non-hydrogen) atoms. The molecule has 2 rings (SSSR count). The quantitative estimate of drug-likeness (QED) is 0.863. The Morgan fingerprint density at radius 2 is 1.95 bits per heavy atom. The maximum atomic E-state index is 6.21. The van der Waals surface area contributed by atoms with E-state index in [9.17, 15) is 0 Å². The standard InChI is InChI=1S/C16H21NOS/c1-3-15(17)16(13-8-6-12(2)7-9-13)18-11-14-5-4-10-19-14/h4-10,15-16H,3,11,17H2,1-2H3. The van der Waals surface area contributed by atoms with Crippen LogP contribution in [0.2, 0.25) is 0 Å². The van der Waals surface area contributed by atoms with Crippen molar-refractivity contribution < 1.29 is 4.74 Å². The lowest BCUT2D eigenvalue weighted by Gasteiger charge is -2.23. The molecule has 0 bridgehead atoms. The van der Waals surface area contributed by atoms with Gasteiger partial charge in [0, 0.05) is 10.9 Å². The van der Waals surface area contributed by atoms with E-state index < -0.39 is 0 Å². The van der Waals surface area contributed by atoms with Crippen molar-refractivity contribution in [3.8, 4) is 0 Å². The van der Waals surface area contributed by atoms with Gasteiger partial charge in [0.15, 0.2) is 0 Å². The summed E-state index contributed by atoms with van der Waals surface area (Å²) in [7, 11) is 0. The van der Waals surface area contributed by atoms with Crippen LogP contribution in [-0.4, -0.2) is 6.04 Å². The van der Waals surface area contributed by atoms with E-state index in [1.54, 1.807) is 11.3 Å². The van der Waals surface area contributed by atoms with Gasteiger partial charge in [-0.1, -0.05) is 42.8 Å². The molecule has 1 aromatic heterocycles. The zero-order valence-electron chi connectivity index (χ0n) is 11.5. The molecule has 0 saturated carbocycles. The average molecular weight is 275 g/mol. The fraction of sp³-hybridized carbons (Fsp3) is 0.375. The highest BCUT2D eigenvalue weighted by atomic mass is 32.1. The number of hydrogen-bond donors (Lipinski definition) is 1. The van der Waals surface area contributed by atoms with Gasteiger partial charge in [-0.15, -0.1) is 11.3 Å². The van der Waals surface area contributed by atoms with Crippen LogP contribution in [0.5, 0.6) is 0 Å². The van der Waals surface area contributed by atoms with Crippen molar-refractivity contribution >= 4 is 11.3 Å². The van der Waals surface area contributed by atoms with E-state index in [2.05, 4.69) is 49.6 Å². The lowest BCUT2D eigenvalue weighted by Crippen LogP contribution is -2.29. The summed E-state index contributed by atoms with van der Waals surface area (Å²) in [6.45, 7) is 4.81. The molecule has 0 aliphatic rings. The van der Waals surface area contributed by atoms with E-state index in [-0.39, 0.29) is 12.1 Å². The van der Waals surface area contributed by atoms with Crippen LogP contribution in [0.3, 0.4) is 0 Å². The number of nitrogens with two attached hydrogens (primary N) is 1. The smallest absolute Gasteiger partial charge is 0.0980 e. The van der Waals surface area contributed by atoms with Crippen molar-refractivity contribution in [2.75, 3.05) is 0 Å². The second-order valence-corrected chi connectivity index (χ2v) is 5.83. The summed E-state index contributed by atoms with van der Waals surface area (Å²) in [6, 6.07) is 12.6. The van der Waals surface area contributed by atoms with Crippen LogP contribution in [0.1, 0.15) is 35.5 Å². The predicted octanol–water partition coefficient (Wildman–Crippen LogP) is 4.05. The van der Waals surface area contributed by atoms with E-state index in [1.165, 1.54) is 10.4 Å². The molecule has 0 radical (unpaired) electrons. The summed E-state index contributed by atoms with van der Waals surface area (Å²) in [5, 5.41) is 2.07. The Bertz CT molecular complexity index is 478. The SMILES string of the molecule is CCC(N)C(OCc1cccs1)c1ccc(C)cc1. The van der Waals surface area contributed by atoms with Gasteiger partial charge in [-0.05, 0) is 30.4 Å². The van der Waals surface area contributed by atoms with Crippen LogP contribution in [0.25, 0.3) is 0 Å². The summed E-state index contributed by atoms with van der Waals surface area (Å²) in [4.78, 5) is 1.24. The van der Waals surface area contributed by atoms with E-state index in [0.29, 0.717) is 6.61 Å². The molecule has 2 nitrogen and oxygen atoms in total. The van der Waals surface area contributed by atoms with Crippen LogP contribution in [0.15, 0.2) is 41.8 Å². The Morgan fingerprint density at radius 1 is 1.21 bits per heavy atom. The molecule has 2 atom stereocenters. The van der Waals surface area contributed by atoms with E-state index in [4.69, 9.17) is 10.5 Å². The highest BCUT2D eigenvalue weighted by Gasteiger charge is 2.19. The maximum Gasteiger partial charge on any atom is 0.0980 e. The fourth-order valence-corrected chi connectivity index (χ4v) is 2.63. The number of benzene rings is 1. The second kappa shape index (κ2) is 6.85. The lowest BCUT2D eigenvalue weighted by molar-refractivity contribution is 0.0227. The number of thiophene rings is 1. The minimum atomic E-state index is -0.0345. The Labute approximate surface area is 119 Å². The van der Waals surface area contributed by atoms with Gasteiger partial charge in [-0.3, -0.25) is 0 Å². The highest BCUT2D eigenvalue weighted by molar-refractivity contribution is 7.09. The summed E-state index contributed by atoms with van der Waals surface area (Å²) < 4.78 is 6.05. The zero-order chi connectivity index (χ0) is 13.7. The molecule has 0 aliphatic carbocycles. The van der Waals surface area contributed by atoms with Crippen LogP contribution in [0.4, 0.5) is 0 Å². The molecule has 102 valence electrons. The van der Waals surface area contributed by atoms with Gasteiger partial charge < -0.3 is 10.5 Å². The normalized spacial score (nSPS) is 14.3. The second-order valence-electron chi connectivity index (χ2n) is 4.79. The molecule has 0 spiro atoms. The number of hydrogen-bond acceptors (Lipinski definition) is 3. The van der Waals surface area contributed by atoms with E-state index in [0.717, 1.165) is 12.0 Å². The first-order chi connectivity index (χ1) is 9.20. The number of rotatable bonds is 6. The highest BCUT2D eigenvalue weighted by Crippen LogP contribution is 2.24. The third-order valence-corrected chi connectivity index (χ3v) is 4.10. The molecule has 2 aromatic rings. The molecule has 1 aromatic carbocycles. The summed E-state index contributed by atoms with van der Waals surface area (Å²) in [6.07, 6.45) is 0.871. The average Bonchev–Trinajstić information content (AvgIpc) is 2.93. The third-order valence-electron chi connectivity index (χ3n) is 3.25. The van der Waals surface area contributed by atoms with Crippen molar-refractivity contribution in [3.05, 3.63) is 57.8 Å². The lowest BCUT2D eigenvalue weighted by atomic mass is 10.00. The first-order valence-corrected chi connectivity index (χ1v) is 7.54. The summed E-state index contributed by atoms with van der Waals surface area (Å²) in [5.74, 6) is 0. The fourth-order valence-electron chi connectivity index (χ4n) is 2.00. The van der Waals surface area contributed by atoms with Crippen molar-refractivity contribution in [1.29, 1.82) is 0 Å². The third kappa shape index (κ3) is 3.90. The molecule has 3 heteroatoms. The Balaban J connectivity index is 2.09. The molecule has 2 unspecified atom stereocenters. The Hall–Kier alpha value is -1.16. The van der Waals surface area contributed by atoms with Crippen molar-refractivity contribution in [1.82, 2.24) is 0 Å². The minimum Gasteiger partial charge on any atom is -0.366 e. The first-order valence-electron chi connectivity index (χ1n) is 6.67. The zero-order valence-corrected chi connectivity index (χ0v) is 12.3. The maximum absolute atomic E-state index is 6.21. The molecule has 0 aliphatic heterocycles. The van der Waals surface area contributed by atoms with Gasteiger partial charge in [-0.25, -0.2) is 0 Å². The first kappa shape index (κ1) is 14.3. The Kier molecular flexibility index (Phi) is 5.14. The van der Waals surface area contributed by atoms with Crippen molar-refractivity contribution in [2.24, 2.45) is 5.73 Å². The number of aryl methyl sites for hydroxylation is 1. The molecule has 2 N–H and O–H groups in total. The van der Waals surface area contributed by atoms with Crippen molar-refractivity contribution in [3.63, 3.8) is 0 Å². The minimum absolute atomic E-state index is 0.0302. The van der Waals surface area contributed by atoms with Gasteiger partial charge in [0.1, 0.15) is 0 Å². The van der Waals surface area contributed by atoms with Crippen LogP contribution in [0, 0.1) is 6.92 Å². The number of ether oxygens (including phenoxy) is 1. The molecular weight excluding hydrogens is 254 g/mol. The van der Waals surface area contributed by atoms with Gasteiger partial charge in [0.25, 0.3) is 0 Å². The van der Waals surface area contributed by atoms with Gasteiger partial charge >= 0.3 is 0 Å².